The minimum Gasteiger partial charge on any atom is -0.379 e. The van der Waals surface area contributed by atoms with Crippen LogP contribution in [0.1, 0.15) is 6.42 Å². The van der Waals surface area contributed by atoms with Gasteiger partial charge < -0.3 is 10.1 Å². The fraction of sp³-hybridized carbons (Fsp3) is 0.462. The number of nitrogens with zero attached hydrogens (tertiary/aromatic N) is 1. The predicted molar refractivity (Wildman–Crippen MR) is 71.9 cm³/mol. The molecule has 104 valence electrons. The normalized spacial score (nSPS) is 16.3. The molecule has 19 heavy (non-hydrogen) atoms. The molecule has 1 heterocycles. The highest BCUT2D eigenvalue weighted by Gasteiger charge is 2.12. The van der Waals surface area contributed by atoms with E-state index in [0.717, 1.165) is 26.3 Å². The number of hydrogen-bond donors (Lipinski definition) is 1. The molecular formula is C13H16ClFN2O2. The first-order valence-corrected chi connectivity index (χ1v) is 6.58. The number of amides is 1. The molecule has 0 aliphatic carbocycles. The van der Waals surface area contributed by atoms with Crippen molar-refractivity contribution in [3.63, 3.8) is 0 Å². The maximum absolute atomic E-state index is 13.0. The first-order valence-electron chi connectivity index (χ1n) is 6.20. The molecular weight excluding hydrogens is 271 g/mol. The average Bonchev–Trinajstić information content (AvgIpc) is 2.42. The lowest BCUT2D eigenvalue weighted by Gasteiger charge is -2.26. The lowest BCUT2D eigenvalue weighted by atomic mass is 10.3. The van der Waals surface area contributed by atoms with Gasteiger partial charge in [0.2, 0.25) is 5.91 Å². The first kappa shape index (κ1) is 14.2. The smallest absolute Gasteiger partial charge is 0.225 e. The first-order chi connectivity index (χ1) is 9.15. The number of carbonyl (C=O) groups is 1. The van der Waals surface area contributed by atoms with Gasteiger partial charge in [-0.25, -0.2) is 4.39 Å². The molecule has 1 aliphatic heterocycles. The maximum atomic E-state index is 13.0. The summed E-state index contributed by atoms with van der Waals surface area (Å²) in [7, 11) is 0. The minimum atomic E-state index is -0.493. The fourth-order valence-corrected chi connectivity index (χ4v) is 2.06. The number of hydrogen-bond acceptors (Lipinski definition) is 3. The second-order valence-electron chi connectivity index (χ2n) is 4.38. The number of nitrogens with one attached hydrogen (secondary N) is 1. The van der Waals surface area contributed by atoms with Crippen molar-refractivity contribution >= 4 is 23.2 Å². The van der Waals surface area contributed by atoms with Crippen LogP contribution < -0.4 is 5.32 Å². The topological polar surface area (TPSA) is 41.6 Å². The lowest BCUT2D eigenvalue weighted by molar-refractivity contribution is -0.116. The van der Waals surface area contributed by atoms with Gasteiger partial charge in [0.15, 0.2) is 0 Å². The van der Waals surface area contributed by atoms with Crippen molar-refractivity contribution in [1.82, 2.24) is 4.90 Å². The third-order valence-electron chi connectivity index (χ3n) is 2.96. The van der Waals surface area contributed by atoms with E-state index in [9.17, 15) is 9.18 Å². The van der Waals surface area contributed by atoms with E-state index < -0.39 is 5.82 Å². The van der Waals surface area contributed by atoms with E-state index in [4.69, 9.17) is 16.3 Å². The summed E-state index contributed by atoms with van der Waals surface area (Å²) in [5, 5.41) is 2.71. The third kappa shape index (κ3) is 4.45. The zero-order valence-electron chi connectivity index (χ0n) is 10.5. The highest BCUT2D eigenvalue weighted by Crippen LogP contribution is 2.19. The summed E-state index contributed by atoms with van der Waals surface area (Å²) in [6.07, 6.45) is 0.398. The Morgan fingerprint density at radius 3 is 2.84 bits per heavy atom. The minimum absolute atomic E-state index is 0.00554. The number of ether oxygens (including phenoxy) is 1. The van der Waals surface area contributed by atoms with Crippen LogP contribution >= 0.6 is 11.6 Å². The molecule has 1 N–H and O–H groups in total. The number of anilines is 1. The van der Waals surface area contributed by atoms with Gasteiger partial charge in [-0.15, -0.1) is 0 Å². The summed E-state index contributed by atoms with van der Waals surface area (Å²) in [5.74, 6) is -0.595. The summed E-state index contributed by atoms with van der Waals surface area (Å²) in [6.45, 7) is 3.85. The summed E-state index contributed by atoms with van der Waals surface area (Å²) >= 11 is 5.65. The summed E-state index contributed by atoms with van der Waals surface area (Å²) in [4.78, 5) is 13.9. The number of benzene rings is 1. The van der Waals surface area contributed by atoms with E-state index in [1.807, 2.05) is 0 Å². The van der Waals surface area contributed by atoms with E-state index in [0.29, 0.717) is 18.7 Å². The Bertz CT molecular complexity index is 450. The molecule has 1 amide bonds. The Morgan fingerprint density at radius 2 is 2.16 bits per heavy atom. The van der Waals surface area contributed by atoms with Crippen molar-refractivity contribution in [3.05, 3.63) is 29.0 Å². The average molecular weight is 287 g/mol. The van der Waals surface area contributed by atoms with Crippen LogP contribution in [-0.4, -0.2) is 43.7 Å². The second kappa shape index (κ2) is 6.84. The van der Waals surface area contributed by atoms with Crippen molar-refractivity contribution in [1.29, 1.82) is 0 Å². The van der Waals surface area contributed by atoms with Crippen molar-refractivity contribution in [2.75, 3.05) is 38.2 Å². The van der Waals surface area contributed by atoms with Crippen LogP contribution in [0.3, 0.4) is 0 Å². The van der Waals surface area contributed by atoms with Gasteiger partial charge in [0, 0.05) is 31.7 Å². The molecule has 1 aromatic carbocycles. The van der Waals surface area contributed by atoms with Crippen LogP contribution in [-0.2, 0) is 9.53 Å². The molecule has 0 bridgehead atoms. The van der Waals surface area contributed by atoms with Gasteiger partial charge in [0.1, 0.15) is 5.82 Å². The van der Waals surface area contributed by atoms with Gasteiger partial charge in [0.05, 0.1) is 18.2 Å². The zero-order valence-corrected chi connectivity index (χ0v) is 11.3. The SMILES string of the molecule is O=C(CCN1CCOCC1)Nc1ccc(F)c(Cl)c1. The molecule has 1 aliphatic rings. The van der Waals surface area contributed by atoms with Gasteiger partial charge >= 0.3 is 0 Å². The number of morpholine rings is 1. The molecule has 0 radical (unpaired) electrons. The van der Waals surface area contributed by atoms with Gasteiger partial charge in [0.25, 0.3) is 0 Å². The summed E-state index contributed by atoms with van der Waals surface area (Å²) in [5.41, 5.74) is 0.512. The van der Waals surface area contributed by atoms with Gasteiger partial charge in [-0.3, -0.25) is 9.69 Å². The number of rotatable bonds is 4. The van der Waals surface area contributed by atoms with E-state index in [2.05, 4.69) is 10.2 Å². The Labute approximate surface area is 116 Å². The predicted octanol–water partition coefficient (Wildman–Crippen LogP) is 2.14. The van der Waals surface area contributed by atoms with Crippen LogP contribution in [0.15, 0.2) is 18.2 Å². The molecule has 0 unspecified atom stereocenters. The number of halogens is 2. The Morgan fingerprint density at radius 1 is 1.42 bits per heavy atom. The highest BCUT2D eigenvalue weighted by molar-refractivity contribution is 6.31. The van der Waals surface area contributed by atoms with Crippen LogP contribution in [0.2, 0.25) is 5.02 Å². The van der Waals surface area contributed by atoms with E-state index in [-0.39, 0.29) is 10.9 Å². The maximum Gasteiger partial charge on any atom is 0.225 e. The molecule has 6 heteroatoms. The molecule has 1 fully saturated rings. The second-order valence-corrected chi connectivity index (χ2v) is 4.79. The number of carbonyl (C=O) groups excluding carboxylic acids is 1. The quantitative estimate of drug-likeness (QED) is 0.922. The summed E-state index contributed by atoms with van der Waals surface area (Å²) < 4.78 is 18.2. The molecule has 0 saturated carbocycles. The lowest BCUT2D eigenvalue weighted by Crippen LogP contribution is -2.38. The van der Waals surface area contributed by atoms with Crippen LogP contribution in [0.4, 0.5) is 10.1 Å². The molecule has 0 spiro atoms. The van der Waals surface area contributed by atoms with Crippen LogP contribution in [0.5, 0.6) is 0 Å². The third-order valence-corrected chi connectivity index (χ3v) is 3.25. The van der Waals surface area contributed by atoms with E-state index >= 15 is 0 Å². The Kier molecular flexibility index (Phi) is 5.13. The Balaban J connectivity index is 1.78. The molecule has 4 nitrogen and oxygen atoms in total. The van der Waals surface area contributed by atoms with E-state index in [1.165, 1.54) is 18.2 Å². The van der Waals surface area contributed by atoms with Crippen LogP contribution in [0, 0.1) is 5.82 Å². The highest BCUT2D eigenvalue weighted by atomic mass is 35.5. The van der Waals surface area contributed by atoms with E-state index in [1.54, 1.807) is 0 Å². The van der Waals surface area contributed by atoms with Crippen molar-refractivity contribution in [2.24, 2.45) is 0 Å². The van der Waals surface area contributed by atoms with Gasteiger partial charge in [-0.05, 0) is 18.2 Å². The molecule has 1 saturated heterocycles. The van der Waals surface area contributed by atoms with Gasteiger partial charge in [-0.2, -0.15) is 0 Å². The monoisotopic (exact) mass is 286 g/mol. The van der Waals surface area contributed by atoms with Crippen molar-refractivity contribution in [2.45, 2.75) is 6.42 Å². The standard InChI is InChI=1S/C13H16ClFN2O2/c14-11-9-10(1-2-12(11)15)16-13(18)3-4-17-5-7-19-8-6-17/h1-2,9H,3-8H2,(H,16,18). The van der Waals surface area contributed by atoms with Crippen molar-refractivity contribution < 1.29 is 13.9 Å². The molecule has 1 aromatic rings. The zero-order chi connectivity index (χ0) is 13.7. The largest absolute Gasteiger partial charge is 0.379 e. The Hall–Kier alpha value is -1.17. The van der Waals surface area contributed by atoms with Crippen LogP contribution in [0.25, 0.3) is 0 Å². The molecule has 0 atom stereocenters. The molecule has 0 aromatic heterocycles. The molecule has 2 rings (SSSR count). The van der Waals surface area contributed by atoms with Crippen molar-refractivity contribution in [3.8, 4) is 0 Å². The van der Waals surface area contributed by atoms with Gasteiger partial charge in [-0.1, -0.05) is 11.6 Å². The fourth-order valence-electron chi connectivity index (χ4n) is 1.88. The summed E-state index contributed by atoms with van der Waals surface area (Å²) in [6, 6.07) is 4.14.